The monoisotopic (exact) mass is 292 g/mol. The highest BCUT2D eigenvalue weighted by Gasteiger charge is 2.37. The number of carboxylic acid groups (broad SMARTS) is 1. The molecule has 0 aliphatic carbocycles. The van der Waals surface area contributed by atoms with E-state index in [1.165, 1.54) is 17.3 Å². The number of carbonyl (C=O) groups is 1. The summed E-state index contributed by atoms with van der Waals surface area (Å²) in [4.78, 5) is 19.3. The summed E-state index contributed by atoms with van der Waals surface area (Å²) >= 11 is 1.32. The fourth-order valence-electron chi connectivity index (χ4n) is 2.23. The van der Waals surface area contributed by atoms with Gasteiger partial charge in [0.25, 0.3) is 0 Å². The first-order chi connectivity index (χ1) is 9.54. The molecule has 0 aliphatic rings. The van der Waals surface area contributed by atoms with E-state index in [4.69, 9.17) is 0 Å². The van der Waals surface area contributed by atoms with Gasteiger partial charge in [-0.2, -0.15) is 0 Å². The quantitative estimate of drug-likeness (QED) is 0.793. The summed E-state index contributed by atoms with van der Waals surface area (Å²) in [6.45, 7) is 5.92. The largest absolute Gasteiger partial charge is 0.480 e. The Morgan fingerprint density at radius 2 is 2.05 bits per heavy atom. The molecule has 1 heterocycles. The number of nitrogens with zero attached hydrogens (tertiary/aromatic N) is 1. The molecule has 0 saturated carbocycles. The fraction of sp³-hybridized carbons (Fsp3) is 0.467. The van der Waals surface area contributed by atoms with Crippen LogP contribution in [0.4, 0.5) is 0 Å². The molecular formula is C15H20N2O2S. The van der Waals surface area contributed by atoms with E-state index in [1.807, 2.05) is 19.9 Å². The molecule has 1 aromatic carbocycles. The van der Waals surface area contributed by atoms with Gasteiger partial charge in [0.05, 0.1) is 11.0 Å². The molecule has 0 fully saturated rings. The number of aliphatic carboxylic acids is 1. The van der Waals surface area contributed by atoms with Crippen LogP contribution < -0.4 is 0 Å². The molecule has 0 atom stereocenters. The molecule has 2 aromatic rings. The van der Waals surface area contributed by atoms with Gasteiger partial charge in [0.1, 0.15) is 4.75 Å². The predicted molar refractivity (Wildman–Crippen MR) is 82.3 cm³/mol. The molecule has 0 saturated heterocycles. The minimum absolute atomic E-state index is 0.570. The lowest BCUT2D eigenvalue weighted by atomic mass is 10.0. The van der Waals surface area contributed by atoms with Gasteiger partial charge in [-0.3, -0.25) is 4.79 Å². The van der Waals surface area contributed by atoms with E-state index in [0.717, 1.165) is 17.5 Å². The van der Waals surface area contributed by atoms with Crippen LogP contribution in [0.1, 0.15) is 39.2 Å². The molecule has 2 rings (SSSR count). The van der Waals surface area contributed by atoms with Crippen LogP contribution in [0.2, 0.25) is 0 Å². The van der Waals surface area contributed by atoms with Crippen molar-refractivity contribution in [1.29, 1.82) is 0 Å². The molecule has 108 valence electrons. The van der Waals surface area contributed by atoms with Crippen LogP contribution >= 0.6 is 11.8 Å². The Morgan fingerprint density at radius 1 is 1.35 bits per heavy atom. The minimum atomic E-state index is -0.804. The van der Waals surface area contributed by atoms with E-state index in [0.29, 0.717) is 18.0 Å². The lowest BCUT2D eigenvalue weighted by Gasteiger charge is -2.24. The molecular weight excluding hydrogens is 272 g/mol. The van der Waals surface area contributed by atoms with Gasteiger partial charge in [-0.25, -0.2) is 4.98 Å². The maximum absolute atomic E-state index is 11.5. The van der Waals surface area contributed by atoms with Gasteiger partial charge in [-0.05, 0) is 37.0 Å². The third-order valence-electron chi connectivity index (χ3n) is 3.76. The summed E-state index contributed by atoms with van der Waals surface area (Å²) in [5, 5.41) is 10.2. The van der Waals surface area contributed by atoms with Crippen molar-refractivity contribution in [3.63, 3.8) is 0 Å². The van der Waals surface area contributed by atoms with E-state index in [1.54, 1.807) is 0 Å². The predicted octanol–water partition coefficient (Wildman–Crippen LogP) is 3.86. The van der Waals surface area contributed by atoms with Gasteiger partial charge < -0.3 is 10.1 Å². The number of fused-ring (bicyclic) bond motifs is 1. The first kappa shape index (κ1) is 14.9. The highest BCUT2D eigenvalue weighted by atomic mass is 32.2. The number of rotatable bonds is 6. The molecule has 0 radical (unpaired) electrons. The summed E-state index contributed by atoms with van der Waals surface area (Å²) in [7, 11) is 0. The average molecular weight is 292 g/mol. The summed E-state index contributed by atoms with van der Waals surface area (Å²) in [6, 6.07) is 6.11. The average Bonchev–Trinajstić information content (AvgIpc) is 2.85. The van der Waals surface area contributed by atoms with Gasteiger partial charge in [0.2, 0.25) is 0 Å². The summed E-state index contributed by atoms with van der Waals surface area (Å²) in [6.07, 6.45) is 2.11. The molecule has 0 bridgehead atoms. The highest BCUT2D eigenvalue weighted by molar-refractivity contribution is 8.01. The van der Waals surface area contributed by atoms with E-state index in [-0.39, 0.29) is 0 Å². The number of carboxylic acids is 1. The van der Waals surface area contributed by atoms with Gasteiger partial charge in [0.15, 0.2) is 5.16 Å². The Morgan fingerprint density at radius 3 is 2.60 bits per heavy atom. The number of thioether (sulfide) groups is 1. The van der Waals surface area contributed by atoms with Crippen LogP contribution in [0.25, 0.3) is 11.0 Å². The lowest BCUT2D eigenvalue weighted by molar-refractivity contribution is -0.140. The second-order valence-corrected chi connectivity index (χ2v) is 6.23. The molecule has 0 amide bonds. The molecule has 20 heavy (non-hydrogen) atoms. The topological polar surface area (TPSA) is 66.0 Å². The van der Waals surface area contributed by atoms with Crippen molar-refractivity contribution < 1.29 is 9.90 Å². The Balaban J connectivity index is 2.35. The third-order valence-corrected chi connectivity index (χ3v) is 5.29. The Bertz CT molecular complexity index is 617. The Hall–Kier alpha value is -1.49. The van der Waals surface area contributed by atoms with Crippen molar-refractivity contribution in [1.82, 2.24) is 9.97 Å². The molecule has 2 N–H and O–H groups in total. The number of H-pyrrole nitrogens is 1. The minimum Gasteiger partial charge on any atom is -0.480 e. The smallest absolute Gasteiger partial charge is 0.320 e. The van der Waals surface area contributed by atoms with E-state index in [9.17, 15) is 9.90 Å². The van der Waals surface area contributed by atoms with Crippen molar-refractivity contribution in [2.45, 2.75) is 49.9 Å². The van der Waals surface area contributed by atoms with Gasteiger partial charge in [-0.15, -0.1) is 0 Å². The molecule has 0 spiro atoms. The number of hydrogen-bond acceptors (Lipinski definition) is 3. The first-order valence-corrected chi connectivity index (χ1v) is 7.77. The normalized spacial score (nSPS) is 11.9. The molecule has 1 aromatic heterocycles. The summed E-state index contributed by atoms with van der Waals surface area (Å²) in [5.41, 5.74) is 3.10. The number of benzene rings is 1. The van der Waals surface area contributed by atoms with E-state index in [2.05, 4.69) is 29.0 Å². The summed E-state index contributed by atoms with van der Waals surface area (Å²) in [5.74, 6) is -0.776. The Labute approximate surface area is 123 Å². The highest BCUT2D eigenvalue weighted by Crippen LogP contribution is 2.38. The van der Waals surface area contributed by atoms with Crippen LogP contribution in [0.5, 0.6) is 0 Å². The molecule has 0 unspecified atom stereocenters. The standard InChI is InChI=1S/C15H20N2O2S/c1-4-10-7-8-11-12(9-10)17-14(16-11)20-15(5-2,6-3)13(18)19/h7-9H,4-6H2,1-3H3,(H,16,17)(H,18,19). The molecule has 0 aliphatic heterocycles. The molecule has 5 heteroatoms. The van der Waals surface area contributed by atoms with Crippen molar-refractivity contribution in [3.8, 4) is 0 Å². The number of imidazole rings is 1. The number of hydrogen-bond donors (Lipinski definition) is 2. The van der Waals surface area contributed by atoms with Gasteiger partial charge >= 0.3 is 5.97 Å². The SMILES string of the molecule is CCc1ccc2nc(SC(CC)(CC)C(=O)O)[nH]c2c1. The van der Waals surface area contributed by atoms with E-state index >= 15 is 0 Å². The van der Waals surface area contributed by atoms with Crippen LogP contribution in [-0.2, 0) is 11.2 Å². The van der Waals surface area contributed by atoms with Crippen molar-refractivity contribution in [2.75, 3.05) is 0 Å². The number of aromatic nitrogens is 2. The summed E-state index contributed by atoms with van der Waals surface area (Å²) < 4.78 is -0.804. The maximum Gasteiger partial charge on any atom is 0.320 e. The zero-order valence-corrected chi connectivity index (χ0v) is 12.9. The maximum atomic E-state index is 11.5. The third kappa shape index (κ3) is 2.68. The number of aromatic amines is 1. The van der Waals surface area contributed by atoms with Crippen molar-refractivity contribution in [2.24, 2.45) is 0 Å². The Kier molecular flexibility index (Phi) is 4.38. The van der Waals surface area contributed by atoms with E-state index < -0.39 is 10.7 Å². The number of nitrogens with one attached hydrogen (secondary N) is 1. The van der Waals surface area contributed by atoms with Crippen molar-refractivity contribution in [3.05, 3.63) is 23.8 Å². The fourth-order valence-corrected chi connectivity index (χ4v) is 3.28. The second kappa shape index (κ2) is 5.87. The zero-order valence-electron chi connectivity index (χ0n) is 12.1. The zero-order chi connectivity index (χ0) is 14.8. The van der Waals surface area contributed by atoms with Gasteiger partial charge in [0, 0.05) is 0 Å². The van der Waals surface area contributed by atoms with Crippen LogP contribution in [0, 0.1) is 0 Å². The van der Waals surface area contributed by atoms with Gasteiger partial charge in [-0.1, -0.05) is 38.6 Å². The lowest BCUT2D eigenvalue weighted by Crippen LogP contribution is -2.33. The number of aryl methyl sites for hydroxylation is 1. The van der Waals surface area contributed by atoms with Crippen molar-refractivity contribution >= 4 is 28.8 Å². The van der Waals surface area contributed by atoms with Crippen LogP contribution in [0.15, 0.2) is 23.4 Å². The molecule has 4 nitrogen and oxygen atoms in total. The second-order valence-electron chi connectivity index (χ2n) is 4.86. The first-order valence-electron chi connectivity index (χ1n) is 6.95. The van der Waals surface area contributed by atoms with Crippen LogP contribution in [0.3, 0.4) is 0 Å². The van der Waals surface area contributed by atoms with Crippen LogP contribution in [-0.4, -0.2) is 25.8 Å².